The van der Waals surface area contributed by atoms with Crippen LogP contribution in [0.15, 0.2) is 23.3 Å². The summed E-state index contributed by atoms with van der Waals surface area (Å²) in [4.78, 5) is 25.7. The summed E-state index contributed by atoms with van der Waals surface area (Å²) in [5.41, 5.74) is 4.21. The summed E-state index contributed by atoms with van der Waals surface area (Å²) in [7, 11) is 1.83. The topological polar surface area (TPSA) is 53.0 Å². The molecule has 2 heterocycles. The Morgan fingerprint density at radius 1 is 1.21 bits per heavy atom. The molecule has 0 saturated heterocycles. The summed E-state index contributed by atoms with van der Waals surface area (Å²) < 4.78 is 0. The van der Waals surface area contributed by atoms with Gasteiger partial charge >= 0.3 is 0 Å². The van der Waals surface area contributed by atoms with E-state index < -0.39 is 0 Å². The third kappa shape index (κ3) is 3.07. The number of unbranched alkanes of at least 4 members (excludes halogenated alkanes) is 1. The molecular weight excluding hydrogens is 302 g/mol. The molecule has 3 rings (SSSR count). The van der Waals surface area contributed by atoms with Crippen molar-refractivity contribution in [2.75, 3.05) is 18.5 Å². The maximum Gasteiger partial charge on any atom is 0.243 e. The van der Waals surface area contributed by atoms with Crippen LogP contribution >= 0.6 is 0 Å². The van der Waals surface area contributed by atoms with E-state index in [1.54, 1.807) is 9.91 Å². The number of hydrazone groups is 1. The zero-order chi connectivity index (χ0) is 17.3. The zero-order valence-corrected chi connectivity index (χ0v) is 14.7. The lowest BCUT2D eigenvalue weighted by molar-refractivity contribution is -0.132. The SMILES string of the molecule is CCCCN1N=C(c2ccc3c(c2)CCC(=O)N3C)C(C)CC1=O. The van der Waals surface area contributed by atoms with E-state index in [9.17, 15) is 9.59 Å². The highest BCUT2D eigenvalue weighted by molar-refractivity contribution is 6.06. The molecule has 0 radical (unpaired) electrons. The number of amides is 2. The highest BCUT2D eigenvalue weighted by atomic mass is 16.2. The van der Waals surface area contributed by atoms with Crippen molar-refractivity contribution in [3.05, 3.63) is 29.3 Å². The van der Waals surface area contributed by atoms with Crippen LogP contribution in [-0.4, -0.2) is 36.1 Å². The molecule has 0 saturated carbocycles. The summed E-state index contributed by atoms with van der Waals surface area (Å²) in [6.07, 6.45) is 3.85. The summed E-state index contributed by atoms with van der Waals surface area (Å²) in [6, 6.07) is 6.17. The van der Waals surface area contributed by atoms with Gasteiger partial charge in [0.05, 0.1) is 5.71 Å². The maximum absolute atomic E-state index is 12.2. The molecule has 0 aliphatic carbocycles. The van der Waals surface area contributed by atoms with Gasteiger partial charge in [0.15, 0.2) is 0 Å². The minimum Gasteiger partial charge on any atom is -0.315 e. The van der Waals surface area contributed by atoms with Gasteiger partial charge in [-0.3, -0.25) is 9.59 Å². The van der Waals surface area contributed by atoms with E-state index in [0.717, 1.165) is 36.2 Å². The lowest BCUT2D eigenvalue weighted by atomic mass is 9.90. The number of rotatable bonds is 4. The first-order valence-electron chi connectivity index (χ1n) is 8.80. The number of hydrogen-bond donors (Lipinski definition) is 0. The van der Waals surface area contributed by atoms with Crippen molar-refractivity contribution in [3.8, 4) is 0 Å². The Morgan fingerprint density at radius 2 is 2.00 bits per heavy atom. The van der Waals surface area contributed by atoms with Crippen LogP contribution in [0.2, 0.25) is 0 Å². The second-order valence-electron chi connectivity index (χ2n) is 6.76. The highest BCUT2D eigenvalue weighted by Gasteiger charge is 2.28. The molecule has 1 aromatic carbocycles. The number of aryl methyl sites for hydroxylation is 1. The molecule has 2 aliphatic rings. The van der Waals surface area contributed by atoms with Crippen LogP contribution in [0.3, 0.4) is 0 Å². The van der Waals surface area contributed by atoms with Gasteiger partial charge in [0.2, 0.25) is 11.8 Å². The normalized spacial score (nSPS) is 21.0. The third-order valence-corrected chi connectivity index (χ3v) is 4.91. The van der Waals surface area contributed by atoms with Crippen molar-refractivity contribution in [1.29, 1.82) is 0 Å². The summed E-state index contributed by atoms with van der Waals surface area (Å²) in [6.45, 7) is 4.86. The number of anilines is 1. The molecule has 0 bridgehead atoms. The van der Waals surface area contributed by atoms with Crippen LogP contribution in [0, 0.1) is 5.92 Å². The molecule has 0 fully saturated rings. The Bertz CT molecular complexity index is 696. The van der Waals surface area contributed by atoms with Gasteiger partial charge in [-0.2, -0.15) is 5.10 Å². The fraction of sp³-hybridized carbons (Fsp3) is 0.526. The molecule has 128 valence electrons. The number of benzene rings is 1. The van der Waals surface area contributed by atoms with Gasteiger partial charge < -0.3 is 4.90 Å². The molecule has 1 atom stereocenters. The van der Waals surface area contributed by atoms with Crippen molar-refractivity contribution in [3.63, 3.8) is 0 Å². The molecular formula is C19H25N3O2. The van der Waals surface area contributed by atoms with Gasteiger partial charge in [0.1, 0.15) is 0 Å². The van der Waals surface area contributed by atoms with Crippen LogP contribution in [0.1, 0.15) is 50.7 Å². The van der Waals surface area contributed by atoms with Crippen LogP contribution in [-0.2, 0) is 16.0 Å². The van der Waals surface area contributed by atoms with E-state index in [0.29, 0.717) is 19.4 Å². The first kappa shape index (κ1) is 16.7. The lowest BCUT2D eigenvalue weighted by Gasteiger charge is -2.29. The summed E-state index contributed by atoms with van der Waals surface area (Å²) in [5.74, 6) is 0.398. The molecule has 2 aliphatic heterocycles. The van der Waals surface area contributed by atoms with Gasteiger partial charge in [-0.1, -0.05) is 26.3 Å². The zero-order valence-electron chi connectivity index (χ0n) is 14.7. The molecule has 0 aromatic heterocycles. The predicted octanol–water partition coefficient (Wildman–Crippen LogP) is 2.97. The van der Waals surface area contributed by atoms with E-state index in [-0.39, 0.29) is 17.7 Å². The minimum atomic E-state index is 0.114. The van der Waals surface area contributed by atoms with Gasteiger partial charge in [-0.25, -0.2) is 5.01 Å². The third-order valence-electron chi connectivity index (χ3n) is 4.91. The molecule has 5 heteroatoms. The van der Waals surface area contributed by atoms with Crippen molar-refractivity contribution in [1.82, 2.24) is 5.01 Å². The largest absolute Gasteiger partial charge is 0.315 e. The maximum atomic E-state index is 12.2. The molecule has 0 N–H and O–H groups in total. The van der Waals surface area contributed by atoms with Crippen LogP contribution < -0.4 is 4.90 Å². The van der Waals surface area contributed by atoms with Gasteiger partial charge in [-0.15, -0.1) is 0 Å². The van der Waals surface area contributed by atoms with Crippen LogP contribution in [0.5, 0.6) is 0 Å². The van der Waals surface area contributed by atoms with E-state index in [2.05, 4.69) is 25.0 Å². The monoisotopic (exact) mass is 327 g/mol. The Labute approximate surface area is 143 Å². The summed E-state index contributed by atoms with van der Waals surface area (Å²) in [5, 5.41) is 6.29. The molecule has 0 spiro atoms. The molecule has 24 heavy (non-hydrogen) atoms. The average molecular weight is 327 g/mol. The fourth-order valence-corrected chi connectivity index (χ4v) is 3.39. The number of hydrogen-bond acceptors (Lipinski definition) is 3. The van der Waals surface area contributed by atoms with Crippen molar-refractivity contribution in [2.24, 2.45) is 11.0 Å². The molecule has 1 aromatic rings. The van der Waals surface area contributed by atoms with Gasteiger partial charge in [0.25, 0.3) is 0 Å². The molecule has 2 amide bonds. The Kier molecular flexibility index (Phi) is 4.69. The smallest absolute Gasteiger partial charge is 0.243 e. The van der Waals surface area contributed by atoms with E-state index in [1.165, 1.54) is 5.56 Å². The second kappa shape index (κ2) is 6.75. The van der Waals surface area contributed by atoms with Crippen molar-refractivity contribution >= 4 is 23.2 Å². The standard InChI is InChI=1S/C19H25N3O2/c1-4-5-10-22-18(24)11-13(2)19(20-22)15-6-8-16-14(12-15)7-9-17(23)21(16)3/h6,8,12-13H,4-5,7,9-11H2,1-3H3. The van der Waals surface area contributed by atoms with Crippen LogP contribution in [0.25, 0.3) is 0 Å². The second-order valence-corrected chi connectivity index (χ2v) is 6.76. The number of carbonyl (C=O) groups is 2. The van der Waals surface area contributed by atoms with Crippen molar-refractivity contribution in [2.45, 2.75) is 46.0 Å². The first-order valence-corrected chi connectivity index (χ1v) is 8.80. The van der Waals surface area contributed by atoms with E-state index in [1.807, 2.05) is 19.2 Å². The molecule has 5 nitrogen and oxygen atoms in total. The lowest BCUT2D eigenvalue weighted by Crippen LogP contribution is -2.37. The van der Waals surface area contributed by atoms with Gasteiger partial charge in [0, 0.05) is 38.0 Å². The van der Waals surface area contributed by atoms with Gasteiger partial charge in [-0.05, 0) is 36.1 Å². The quantitative estimate of drug-likeness (QED) is 0.854. The minimum absolute atomic E-state index is 0.114. The number of carbonyl (C=O) groups excluding carboxylic acids is 2. The highest BCUT2D eigenvalue weighted by Crippen LogP contribution is 2.30. The Morgan fingerprint density at radius 3 is 2.75 bits per heavy atom. The number of nitrogens with zero attached hydrogens (tertiary/aromatic N) is 3. The Hall–Kier alpha value is -2.17. The molecule has 1 unspecified atom stereocenters. The van der Waals surface area contributed by atoms with E-state index >= 15 is 0 Å². The number of fused-ring (bicyclic) bond motifs is 1. The first-order chi connectivity index (χ1) is 11.5. The summed E-state index contributed by atoms with van der Waals surface area (Å²) >= 11 is 0. The van der Waals surface area contributed by atoms with E-state index in [4.69, 9.17) is 0 Å². The van der Waals surface area contributed by atoms with Crippen LogP contribution in [0.4, 0.5) is 5.69 Å². The predicted molar refractivity (Wildman–Crippen MR) is 95.1 cm³/mol. The Balaban J connectivity index is 1.92. The fourth-order valence-electron chi connectivity index (χ4n) is 3.39. The average Bonchev–Trinajstić information content (AvgIpc) is 2.57. The van der Waals surface area contributed by atoms with Crippen molar-refractivity contribution < 1.29 is 9.59 Å².